The van der Waals surface area contributed by atoms with E-state index in [1.54, 1.807) is 12.3 Å². The summed E-state index contributed by atoms with van der Waals surface area (Å²) in [4.78, 5) is 13.8. The van der Waals surface area contributed by atoms with Crippen LogP contribution in [0.5, 0.6) is 0 Å². The maximum Gasteiger partial charge on any atom is 0.212 e. The van der Waals surface area contributed by atoms with Gasteiger partial charge in [-0.2, -0.15) is 0 Å². The molecular formula is C6H5IN2O. The topological polar surface area (TPSA) is 42.0 Å². The molecule has 0 spiro atoms. The molecule has 0 aromatic carbocycles. The number of carbonyl (C=O) groups is 1. The zero-order valence-corrected chi connectivity index (χ0v) is 7.20. The average Bonchev–Trinajstić information content (AvgIpc) is 1.95. The summed E-state index contributed by atoms with van der Waals surface area (Å²) < 4.78 is 1.05. The first-order valence-corrected chi connectivity index (χ1v) is 3.72. The van der Waals surface area contributed by atoms with Crippen molar-refractivity contribution in [3.8, 4) is 0 Å². The Morgan fingerprint density at radius 1 is 1.60 bits per heavy atom. The smallest absolute Gasteiger partial charge is 0.212 e. The van der Waals surface area contributed by atoms with Gasteiger partial charge in [0.05, 0.1) is 0 Å². The van der Waals surface area contributed by atoms with Gasteiger partial charge in [0.15, 0.2) is 0 Å². The molecule has 0 atom stereocenters. The Morgan fingerprint density at radius 2 is 2.40 bits per heavy atom. The number of nitrogens with one attached hydrogen (secondary N) is 1. The number of carbonyl (C=O) groups excluding carboxylic acids is 1. The lowest BCUT2D eigenvalue weighted by atomic mass is 10.5. The lowest BCUT2D eigenvalue weighted by Crippen LogP contribution is -1.95. The largest absolute Gasteiger partial charge is 0.313 e. The first-order valence-electron chi connectivity index (χ1n) is 2.64. The van der Waals surface area contributed by atoms with Crippen molar-refractivity contribution in [3.05, 3.63) is 21.9 Å². The van der Waals surface area contributed by atoms with E-state index < -0.39 is 0 Å². The highest BCUT2D eigenvalue weighted by Gasteiger charge is 1.88. The molecule has 1 heterocycles. The summed E-state index contributed by atoms with van der Waals surface area (Å²) in [5, 5.41) is 2.44. The summed E-state index contributed by atoms with van der Waals surface area (Å²) in [5.74, 6) is 0.579. The van der Waals surface area contributed by atoms with E-state index in [0.29, 0.717) is 12.2 Å². The maximum atomic E-state index is 9.91. The highest BCUT2D eigenvalue weighted by molar-refractivity contribution is 14.1. The number of aromatic nitrogens is 1. The second kappa shape index (κ2) is 3.50. The molecule has 0 fully saturated rings. The lowest BCUT2D eigenvalue weighted by Gasteiger charge is -1.94. The molecule has 0 aliphatic carbocycles. The van der Waals surface area contributed by atoms with Crippen LogP contribution in [0.4, 0.5) is 5.82 Å². The third kappa shape index (κ3) is 1.94. The van der Waals surface area contributed by atoms with Crippen molar-refractivity contribution >= 4 is 34.8 Å². The van der Waals surface area contributed by atoms with E-state index in [1.807, 2.05) is 6.07 Å². The number of pyridine rings is 1. The molecule has 0 radical (unpaired) electrons. The molecule has 1 amide bonds. The fraction of sp³-hybridized carbons (Fsp3) is 0. The number of amides is 1. The van der Waals surface area contributed by atoms with E-state index >= 15 is 0 Å². The minimum absolute atomic E-state index is 0.579. The summed E-state index contributed by atoms with van der Waals surface area (Å²) >= 11 is 2.15. The van der Waals surface area contributed by atoms with Crippen molar-refractivity contribution in [2.75, 3.05) is 5.32 Å². The maximum absolute atomic E-state index is 9.91. The van der Waals surface area contributed by atoms with Crippen molar-refractivity contribution in [1.82, 2.24) is 4.98 Å². The highest BCUT2D eigenvalue weighted by Crippen LogP contribution is 2.05. The Morgan fingerprint density at radius 3 is 2.90 bits per heavy atom. The number of halogens is 1. The average molecular weight is 248 g/mol. The van der Waals surface area contributed by atoms with E-state index in [9.17, 15) is 4.79 Å². The summed E-state index contributed by atoms with van der Waals surface area (Å²) in [7, 11) is 0. The Bertz CT molecular complexity index is 222. The van der Waals surface area contributed by atoms with Crippen LogP contribution < -0.4 is 5.32 Å². The predicted octanol–water partition coefficient (Wildman–Crippen LogP) is 1.25. The van der Waals surface area contributed by atoms with Crippen LogP contribution >= 0.6 is 22.6 Å². The van der Waals surface area contributed by atoms with Crippen LogP contribution in [-0.4, -0.2) is 11.4 Å². The van der Waals surface area contributed by atoms with Crippen LogP contribution in [0, 0.1) is 3.57 Å². The van der Waals surface area contributed by atoms with Gasteiger partial charge in [0.25, 0.3) is 0 Å². The number of nitrogens with zero attached hydrogens (tertiary/aromatic N) is 1. The van der Waals surface area contributed by atoms with Gasteiger partial charge in [0, 0.05) is 9.77 Å². The molecule has 0 bridgehead atoms. The predicted molar refractivity (Wildman–Crippen MR) is 46.6 cm³/mol. The molecule has 0 unspecified atom stereocenters. The molecule has 0 saturated heterocycles. The van der Waals surface area contributed by atoms with Gasteiger partial charge in [-0.25, -0.2) is 4.98 Å². The molecule has 4 heteroatoms. The van der Waals surface area contributed by atoms with Crippen molar-refractivity contribution < 1.29 is 4.79 Å². The standard InChI is InChI=1S/C6H5IN2O/c7-5-1-2-6(8-3-5)9-4-10/h1-4H,(H,8,9,10). The second-order valence-corrected chi connectivity index (χ2v) is 2.87. The van der Waals surface area contributed by atoms with Crippen LogP contribution in [0.2, 0.25) is 0 Å². The van der Waals surface area contributed by atoms with Crippen LogP contribution in [0.1, 0.15) is 0 Å². The number of rotatable bonds is 2. The zero-order chi connectivity index (χ0) is 7.40. The number of hydrogen-bond acceptors (Lipinski definition) is 2. The van der Waals surface area contributed by atoms with E-state index in [4.69, 9.17) is 0 Å². The van der Waals surface area contributed by atoms with Crippen molar-refractivity contribution in [2.45, 2.75) is 0 Å². The molecule has 3 nitrogen and oxygen atoms in total. The number of hydrogen-bond donors (Lipinski definition) is 1. The van der Waals surface area contributed by atoms with Crippen LogP contribution in [0.25, 0.3) is 0 Å². The third-order valence-electron chi connectivity index (χ3n) is 0.934. The first kappa shape index (κ1) is 7.46. The lowest BCUT2D eigenvalue weighted by molar-refractivity contribution is -0.105. The number of anilines is 1. The van der Waals surface area contributed by atoms with Gasteiger partial charge in [-0.15, -0.1) is 0 Å². The summed E-state index contributed by atoms with van der Waals surface area (Å²) in [6, 6.07) is 3.62. The summed E-state index contributed by atoms with van der Waals surface area (Å²) in [6.07, 6.45) is 2.29. The molecule has 0 aliphatic heterocycles. The van der Waals surface area contributed by atoms with Crippen molar-refractivity contribution in [3.63, 3.8) is 0 Å². The molecule has 10 heavy (non-hydrogen) atoms. The third-order valence-corrected chi connectivity index (χ3v) is 1.57. The van der Waals surface area contributed by atoms with Gasteiger partial charge in [-0.1, -0.05) is 0 Å². The molecular weight excluding hydrogens is 243 g/mol. The van der Waals surface area contributed by atoms with Gasteiger partial charge in [-0.05, 0) is 34.7 Å². The molecule has 0 aliphatic rings. The first-order chi connectivity index (χ1) is 4.83. The van der Waals surface area contributed by atoms with E-state index in [1.165, 1.54) is 0 Å². The molecule has 0 saturated carbocycles. The van der Waals surface area contributed by atoms with Crippen LogP contribution in [-0.2, 0) is 4.79 Å². The second-order valence-electron chi connectivity index (χ2n) is 1.62. The van der Waals surface area contributed by atoms with E-state index in [-0.39, 0.29) is 0 Å². The fourth-order valence-corrected chi connectivity index (χ4v) is 0.841. The fourth-order valence-electron chi connectivity index (χ4n) is 0.522. The monoisotopic (exact) mass is 248 g/mol. The summed E-state index contributed by atoms with van der Waals surface area (Å²) in [6.45, 7) is 0. The molecule has 1 rings (SSSR count). The highest BCUT2D eigenvalue weighted by atomic mass is 127. The van der Waals surface area contributed by atoms with Gasteiger partial charge in [0.2, 0.25) is 6.41 Å². The van der Waals surface area contributed by atoms with Gasteiger partial charge in [0.1, 0.15) is 5.82 Å². The van der Waals surface area contributed by atoms with Gasteiger partial charge < -0.3 is 5.32 Å². The summed E-state index contributed by atoms with van der Waals surface area (Å²) in [5.41, 5.74) is 0. The zero-order valence-electron chi connectivity index (χ0n) is 5.04. The van der Waals surface area contributed by atoms with E-state index in [0.717, 1.165) is 3.57 Å². The Hall–Kier alpha value is -0.650. The normalized spacial score (nSPS) is 8.90. The quantitative estimate of drug-likeness (QED) is 0.632. The molecule has 1 aromatic rings. The van der Waals surface area contributed by atoms with Crippen molar-refractivity contribution in [1.29, 1.82) is 0 Å². The van der Waals surface area contributed by atoms with Gasteiger partial charge >= 0.3 is 0 Å². The molecule has 52 valence electrons. The molecule has 1 aromatic heterocycles. The van der Waals surface area contributed by atoms with Crippen LogP contribution in [0.3, 0.4) is 0 Å². The molecule has 1 N–H and O–H groups in total. The van der Waals surface area contributed by atoms with Crippen molar-refractivity contribution in [2.24, 2.45) is 0 Å². The minimum atomic E-state index is 0.579. The Kier molecular flexibility index (Phi) is 2.61. The Labute approximate surface area is 72.0 Å². The minimum Gasteiger partial charge on any atom is -0.313 e. The van der Waals surface area contributed by atoms with Gasteiger partial charge in [-0.3, -0.25) is 4.79 Å². The van der Waals surface area contributed by atoms with Crippen LogP contribution in [0.15, 0.2) is 18.3 Å². The Balaban J connectivity index is 2.78. The SMILES string of the molecule is O=CNc1ccc(I)cn1. The van der Waals surface area contributed by atoms with E-state index in [2.05, 4.69) is 32.9 Å².